The molecule has 3 heterocycles. The van der Waals surface area contributed by atoms with Crippen molar-refractivity contribution in [1.29, 1.82) is 0 Å². The Kier molecular flexibility index (Phi) is 10.6. The van der Waals surface area contributed by atoms with Crippen molar-refractivity contribution < 1.29 is 8.78 Å². The van der Waals surface area contributed by atoms with Crippen LogP contribution in [0.1, 0.15) is 93.3 Å². The van der Waals surface area contributed by atoms with Gasteiger partial charge in [-0.15, -0.1) is 0 Å². The lowest BCUT2D eigenvalue weighted by molar-refractivity contribution is 0.151. The Morgan fingerprint density at radius 2 is 2.02 bits per heavy atom. The zero-order valence-electron chi connectivity index (χ0n) is 25.2. The molecule has 1 aromatic heterocycles. The van der Waals surface area contributed by atoms with Crippen LogP contribution >= 0.6 is 0 Å². The second kappa shape index (κ2) is 14.1. The molecule has 3 N–H and O–H groups in total. The van der Waals surface area contributed by atoms with E-state index in [1.807, 2.05) is 13.0 Å². The van der Waals surface area contributed by atoms with E-state index in [4.69, 9.17) is 10.8 Å². The van der Waals surface area contributed by atoms with Gasteiger partial charge < -0.3 is 20.9 Å². The molecule has 0 saturated carbocycles. The number of allylic oxidation sites excluding steroid dienone is 2. The van der Waals surface area contributed by atoms with Crippen molar-refractivity contribution >= 4 is 23.3 Å². The quantitative estimate of drug-likeness (QED) is 0.213. The van der Waals surface area contributed by atoms with Crippen LogP contribution in [0.3, 0.4) is 0 Å². The van der Waals surface area contributed by atoms with Gasteiger partial charge in [0.2, 0.25) is 0 Å². The van der Waals surface area contributed by atoms with Gasteiger partial charge in [-0.05, 0) is 75.4 Å². The summed E-state index contributed by atoms with van der Waals surface area (Å²) in [6, 6.07) is 3.85. The van der Waals surface area contributed by atoms with E-state index < -0.39 is 6.43 Å². The van der Waals surface area contributed by atoms with Gasteiger partial charge in [0.25, 0.3) is 6.43 Å². The summed E-state index contributed by atoms with van der Waals surface area (Å²) in [7, 11) is 1.62. The lowest BCUT2D eigenvalue weighted by atomic mass is 9.92. The summed E-state index contributed by atoms with van der Waals surface area (Å²) in [6.45, 7) is 15.0. The molecule has 9 heteroatoms. The van der Waals surface area contributed by atoms with Crippen molar-refractivity contribution in [3.8, 4) is 0 Å². The normalized spacial score (nSPS) is 16.4. The number of benzene rings is 1. The van der Waals surface area contributed by atoms with Crippen LogP contribution in [-0.4, -0.2) is 54.1 Å². The number of rotatable bonds is 13. The van der Waals surface area contributed by atoms with Crippen LogP contribution in [0.2, 0.25) is 0 Å². The molecular formula is C32H47F2N7. The Morgan fingerprint density at radius 3 is 2.68 bits per heavy atom. The summed E-state index contributed by atoms with van der Waals surface area (Å²) in [6.07, 6.45) is 7.17. The third kappa shape index (κ3) is 6.66. The molecule has 1 unspecified atom stereocenters. The SMILES string of the molecule is C=C(C)N1CCc2c(c(N3CCCc4cc(/C(C=NC)=C/N)c(C(F)F)cc43)nn2C(CCC)CCCNCC)C1. The Balaban J connectivity index is 1.83. The van der Waals surface area contributed by atoms with Gasteiger partial charge in [0.1, 0.15) is 0 Å². The molecule has 0 radical (unpaired) electrons. The van der Waals surface area contributed by atoms with Crippen LogP contribution in [0.4, 0.5) is 20.3 Å². The average Bonchev–Trinajstić information content (AvgIpc) is 3.35. The molecule has 2 aromatic rings. The molecule has 0 amide bonds. The lowest BCUT2D eigenvalue weighted by Gasteiger charge is -2.34. The summed E-state index contributed by atoms with van der Waals surface area (Å²) < 4.78 is 31.2. The van der Waals surface area contributed by atoms with Crippen molar-refractivity contribution in [2.24, 2.45) is 10.7 Å². The third-order valence-corrected chi connectivity index (χ3v) is 8.33. The highest BCUT2D eigenvalue weighted by Gasteiger charge is 2.33. The number of nitrogens with two attached hydrogens (primary N) is 1. The molecular weight excluding hydrogens is 520 g/mol. The van der Waals surface area contributed by atoms with Crippen molar-refractivity contribution in [1.82, 2.24) is 20.0 Å². The Labute approximate surface area is 244 Å². The molecule has 0 bridgehead atoms. The minimum absolute atomic E-state index is 0.0311. The van der Waals surface area contributed by atoms with E-state index in [2.05, 4.69) is 45.2 Å². The van der Waals surface area contributed by atoms with Gasteiger partial charge in [0.05, 0.1) is 6.04 Å². The van der Waals surface area contributed by atoms with Crippen molar-refractivity contribution in [2.75, 3.05) is 38.1 Å². The van der Waals surface area contributed by atoms with Gasteiger partial charge in [-0.25, -0.2) is 8.78 Å². The number of aryl methyl sites for hydroxylation is 1. The van der Waals surface area contributed by atoms with Crippen molar-refractivity contribution in [2.45, 2.75) is 84.7 Å². The van der Waals surface area contributed by atoms with Gasteiger partial charge in [-0.2, -0.15) is 5.10 Å². The first kappa shape index (κ1) is 30.8. The Bertz CT molecular complexity index is 1260. The standard InChI is InChI=1S/C32H47F2N7/c1-6-10-25(12-8-14-37-7-2)41-29-13-16-39(22(3)4)21-28(29)32(38-41)40-15-9-11-23-17-26(24(19-35)20-36-5)27(31(33)34)18-30(23)40/h17-20,25,31,37H,3,6-16,21,35H2,1-2,4-5H3/b24-19+,36-20?. The molecule has 2 aliphatic heterocycles. The van der Waals surface area contributed by atoms with E-state index in [9.17, 15) is 8.78 Å². The Hall–Kier alpha value is -3.20. The van der Waals surface area contributed by atoms with Gasteiger partial charge in [-0.3, -0.25) is 9.67 Å². The second-order valence-corrected chi connectivity index (χ2v) is 11.2. The van der Waals surface area contributed by atoms with Crippen molar-refractivity contribution in [3.05, 3.63) is 58.6 Å². The molecule has 0 fully saturated rings. The number of fused-ring (bicyclic) bond motifs is 2. The molecule has 1 aromatic carbocycles. The summed E-state index contributed by atoms with van der Waals surface area (Å²) in [5.74, 6) is 0.900. The minimum Gasteiger partial charge on any atom is -0.404 e. The van der Waals surface area contributed by atoms with Crippen LogP contribution in [0, 0.1) is 0 Å². The fraction of sp³-hybridized carbons (Fsp3) is 0.562. The molecule has 2 aliphatic rings. The number of aliphatic imine (C=N–C) groups is 1. The first-order valence-electron chi connectivity index (χ1n) is 15.1. The van der Waals surface area contributed by atoms with Gasteiger partial charge in [0, 0.05) is 79.3 Å². The number of aromatic nitrogens is 2. The Morgan fingerprint density at radius 1 is 1.22 bits per heavy atom. The number of alkyl halides is 2. The first-order chi connectivity index (χ1) is 19.8. The van der Waals surface area contributed by atoms with E-state index >= 15 is 0 Å². The number of halogens is 2. The van der Waals surface area contributed by atoms with Gasteiger partial charge in [0.15, 0.2) is 5.82 Å². The molecule has 7 nitrogen and oxygen atoms in total. The molecule has 0 spiro atoms. The molecule has 0 aliphatic carbocycles. The maximum Gasteiger partial charge on any atom is 0.264 e. The predicted molar refractivity (Wildman–Crippen MR) is 166 cm³/mol. The molecule has 224 valence electrons. The van der Waals surface area contributed by atoms with Crippen molar-refractivity contribution in [3.63, 3.8) is 0 Å². The van der Waals surface area contributed by atoms with Crippen LogP contribution in [0.5, 0.6) is 0 Å². The molecule has 0 saturated heterocycles. The highest BCUT2D eigenvalue weighted by molar-refractivity contribution is 6.10. The summed E-state index contributed by atoms with van der Waals surface area (Å²) in [5, 5.41) is 8.78. The monoisotopic (exact) mass is 567 g/mol. The summed E-state index contributed by atoms with van der Waals surface area (Å²) in [5.41, 5.74) is 12.1. The number of hydrogen-bond acceptors (Lipinski definition) is 6. The molecule has 41 heavy (non-hydrogen) atoms. The van der Waals surface area contributed by atoms with Crippen LogP contribution < -0.4 is 16.0 Å². The zero-order chi connectivity index (χ0) is 29.5. The van der Waals surface area contributed by atoms with E-state index in [-0.39, 0.29) is 5.56 Å². The number of nitrogens with zero attached hydrogens (tertiary/aromatic N) is 5. The molecule has 4 rings (SSSR count). The second-order valence-electron chi connectivity index (χ2n) is 11.2. The first-order valence-corrected chi connectivity index (χ1v) is 15.1. The smallest absolute Gasteiger partial charge is 0.264 e. The maximum atomic E-state index is 14.5. The highest BCUT2D eigenvalue weighted by Crippen LogP contribution is 2.42. The molecule has 1 atom stereocenters. The van der Waals surface area contributed by atoms with Crippen LogP contribution in [0.15, 0.2) is 35.6 Å². The fourth-order valence-electron chi connectivity index (χ4n) is 6.28. The van der Waals surface area contributed by atoms with E-state index in [0.29, 0.717) is 17.2 Å². The minimum atomic E-state index is -2.64. The number of nitrogens with one attached hydrogen (secondary N) is 1. The van der Waals surface area contributed by atoms with Gasteiger partial charge in [-0.1, -0.05) is 26.8 Å². The number of anilines is 2. The van der Waals surface area contributed by atoms with Gasteiger partial charge >= 0.3 is 0 Å². The van der Waals surface area contributed by atoms with Crippen LogP contribution in [-0.2, 0) is 19.4 Å². The topological polar surface area (TPSA) is 74.7 Å². The fourth-order valence-corrected chi connectivity index (χ4v) is 6.28. The lowest BCUT2D eigenvalue weighted by Crippen LogP contribution is -2.31. The van der Waals surface area contributed by atoms with Crippen LogP contribution in [0.25, 0.3) is 5.57 Å². The number of hydrogen-bond donors (Lipinski definition) is 2. The predicted octanol–water partition coefficient (Wildman–Crippen LogP) is 6.53. The summed E-state index contributed by atoms with van der Waals surface area (Å²) in [4.78, 5) is 8.53. The van der Waals surface area contributed by atoms with E-state index in [1.165, 1.54) is 17.5 Å². The van der Waals surface area contributed by atoms with E-state index in [1.54, 1.807) is 19.3 Å². The largest absolute Gasteiger partial charge is 0.404 e. The third-order valence-electron chi connectivity index (χ3n) is 8.33. The van der Waals surface area contributed by atoms with E-state index in [0.717, 1.165) is 100 Å². The average molecular weight is 568 g/mol. The zero-order valence-corrected chi connectivity index (χ0v) is 25.2. The maximum absolute atomic E-state index is 14.5. The summed E-state index contributed by atoms with van der Waals surface area (Å²) >= 11 is 0. The highest BCUT2D eigenvalue weighted by atomic mass is 19.3.